The van der Waals surface area contributed by atoms with Crippen molar-refractivity contribution in [3.05, 3.63) is 58.1 Å². The summed E-state index contributed by atoms with van der Waals surface area (Å²) in [4.78, 5) is 12.3. The van der Waals surface area contributed by atoms with Crippen LogP contribution in [0.5, 0.6) is 5.75 Å². The summed E-state index contributed by atoms with van der Waals surface area (Å²) in [6.45, 7) is 3.00. The first-order valence-electron chi connectivity index (χ1n) is 8.13. The average Bonchev–Trinajstić information content (AvgIpc) is 2.60. The molecule has 0 spiro atoms. The second-order valence-corrected chi connectivity index (χ2v) is 8.13. The summed E-state index contributed by atoms with van der Waals surface area (Å²) in [5, 5.41) is 7.85. The smallest absolute Gasteiger partial charge is 0.251 e. The Balaban J connectivity index is 1.96. The average molecular weight is 441 g/mol. The van der Waals surface area contributed by atoms with Crippen molar-refractivity contribution < 1.29 is 17.9 Å². The van der Waals surface area contributed by atoms with E-state index in [4.69, 9.17) is 9.88 Å². The number of hydrogen-bond acceptors (Lipinski definition) is 4. The summed E-state index contributed by atoms with van der Waals surface area (Å²) in [5.74, 6) is 0.468. The number of rotatable bonds is 8. The van der Waals surface area contributed by atoms with Crippen molar-refractivity contribution in [2.75, 3.05) is 6.61 Å². The molecule has 1 amide bonds. The number of nitrogens with two attached hydrogens (primary N) is 1. The maximum absolute atomic E-state index is 12.3. The standard InChI is InChI=1S/C18H21BrN2O4S/c1-2-3-10-25-17-9-6-14(11-16(17)19)18(22)21-12-13-4-7-15(8-5-13)26(20,23)24/h4-9,11H,2-3,10,12H2,1H3,(H,21,22)(H2,20,23,24). The number of hydrogen-bond donors (Lipinski definition) is 2. The fourth-order valence-corrected chi connectivity index (χ4v) is 3.18. The van der Waals surface area contributed by atoms with Crippen LogP contribution in [0.3, 0.4) is 0 Å². The van der Waals surface area contributed by atoms with Gasteiger partial charge < -0.3 is 10.1 Å². The Morgan fingerprint density at radius 1 is 1.19 bits per heavy atom. The van der Waals surface area contributed by atoms with Crippen LogP contribution in [-0.2, 0) is 16.6 Å². The number of primary sulfonamides is 1. The molecular weight excluding hydrogens is 420 g/mol. The van der Waals surface area contributed by atoms with Crippen LogP contribution >= 0.6 is 15.9 Å². The van der Waals surface area contributed by atoms with Gasteiger partial charge in [-0.25, -0.2) is 13.6 Å². The fraction of sp³-hybridized carbons (Fsp3) is 0.278. The van der Waals surface area contributed by atoms with Crippen molar-refractivity contribution in [3.63, 3.8) is 0 Å². The van der Waals surface area contributed by atoms with E-state index in [9.17, 15) is 13.2 Å². The molecule has 0 heterocycles. The van der Waals surface area contributed by atoms with Gasteiger partial charge >= 0.3 is 0 Å². The van der Waals surface area contributed by atoms with Crippen LogP contribution in [0.1, 0.15) is 35.7 Å². The number of carbonyl (C=O) groups is 1. The summed E-state index contributed by atoms with van der Waals surface area (Å²) in [7, 11) is -3.72. The summed E-state index contributed by atoms with van der Waals surface area (Å²) in [6, 6.07) is 11.2. The number of carbonyl (C=O) groups excluding carboxylic acids is 1. The summed E-state index contributed by atoms with van der Waals surface area (Å²) in [5.41, 5.74) is 1.27. The topological polar surface area (TPSA) is 98.5 Å². The van der Waals surface area contributed by atoms with Crippen LogP contribution < -0.4 is 15.2 Å². The molecule has 0 saturated heterocycles. The SMILES string of the molecule is CCCCOc1ccc(C(=O)NCc2ccc(S(N)(=O)=O)cc2)cc1Br. The van der Waals surface area contributed by atoms with Crippen molar-refractivity contribution in [1.82, 2.24) is 5.32 Å². The van der Waals surface area contributed by atoms with E-state index in [2.05, 4.69) is 28.2 Å². The largest absolute Gasteiger partial charge is 0.492 e. The minimum atomic E-state index is -3.72. The van der Waals surface area contributed by atoms with E-state index in [0.29, 0.717) is 17.9 Å². The van der Waals surface area contributed by atoms with Gasteiger partial charge in [0.05, 0.1) is 16.0 Å². The molecule has 3 N–H and O–H groups in total. The van der Waals surface area contributed by atoms with Gasteiger partial charge in [0.2, 0.25) is 10.0 Å². The van der Waals surface area contributed by atoms with Crippen LogP contribution in [-0.4, -0.2) is 20.9 Å². The van der Waals surface area contributed by atoms with Gasteiger partial charge in [0.1, 0.15) is 5.75 Å². The molecule has 0 aromatic heterocycles. The van der Waals surface area contributed by atoms with E-state index < -0.39 is 10.0 Å². The molecule has 2 rings (SSSR count). The highest BCUT2D eigenvalue weighted by atomic mass is 79.9. The molecule has 0 unspecified atom stereocenters. The second-order valence-electron chi connectivity index (χ2n) is 5.72. The van der Waals surface area contributed by atoms with E-state index in [0.717, 1.165) is 22.9 Å². The molecule has 0 aliphatic heterocycles. The number of nitrogens with one attached hydrogen (secondary N) is 1. The quantitative estimate of drug-likeness (QED) is 0.615. The van der Waals surface area contributed by atoms with Gasteiger partial charge in [-0.3, -0.25) is 4.79 Å². The molecule has 2 aromatic rings. The lowest BCUT2D eigenvalue weighted by Gasteiger charge is -2.10. The monoisotopic (exact) mass is 440 g/mol. The van der Waals surface area contributed by atoms with Gasteiger partial charge in [0.25, 0.3) is 5.91 Å². The first-order valence-corrected chi connectivity index (χ1v) is 10.5. The Labute approximate surface area is 161 Å². The van der Waals surface area contributed by atoms with Crippen LogP contribution in [0.15, 0.2) is 51.8 Å². The van der Waals surface area contributed by atoms with E-state index in [1.54, 1.807) is 30.3 Å². The van der Waals surface area contributed by atoms with Gasteiger partial charge in [-0.05, 0) is 58.2 Å². The lowest BCUT2D eigenvalue weighted by Crippen LogP contribution is -2.22. The maximum Gasteiger partial charge on any atom is 0.251 e. The third kappa shape index (κ3) is 5.82. The van der Waals surface area contributed by atoms with Gasteiger partial charge in [0.15, 0.2) is 0 Å². The van der Waals surface area contributed by atoms with Crippen LogP contribution in [0.2, 0.25) is 0 Å². The van der Waals surface area contributed by atoms with Crippen molar-refractivity contribution in [3.8, 4) is 5.75 Å². The predicted octanol–water partition coefficient (Wildman–Crippen LogP) is 3.21. The van der Waals surface area contributed by atoms with Crippen molar-refractivity contribution in [2.45, 2.75) is 31.2 Å². The zero-order chi connectivity index (χ0) is 19.2. The molecule has 6 nitrogen and oxygen atoms in total. The van der Waals surface area contributed by atoms with E-state index >= 15 is 0 Å². The zero-order valence-corrected chi connectivity index (χ0v) is 16.8. The maximum atomic E-state index is 12.3. The van der Waals surface area contributed by atoms with Crippen LogP contribution in [0.25, 0.3) is 0 Å². The molecular formula is C18H21BrN2O4S. The third-order valence-electron chi connectivity index (χ3n) is 3.65. The molecule has 0 radical (unpaired) electrons. The number of amides is 1. The molecule has 8 heteroatoms. The van der Waals surface area contributed by atoms with Gasteiger partial charge in [0, 0.05) is 12.1 Å². The fourth-order valence-electron chi connectivity index (χ4n) is 2.17. The molecule has 0 bridgehead atoms. The molecule has 26 heavy (non-hydrogen) atoms. The Kier molecular flexibility index (Phi) is 7.19. The number of sulfonamides is 1. The van der Waals surface area contributed by atoms with Crippen molar-refractivity contribution in [2.24, 2.45) is 5.14 Å². The third-order valence-corrected chi connectivity index (χ3v) is 5.20. The summed E-state index contributed by atoms with van der Waals surface area (Å²) in [6.07, 6.45) is 2.02. The minimum Gasteiger partial charge on any atom is -0.492 e. The van der Waals surface area contributed by atoms with Crippen LogP contribution in [0, 0.1) is 0 Å². The molecule has 0 aliphatic carbocycles. The summed E-state index contributed by atoms with van der Waals surface area (Å²) >= 11 is 3.42. The molecule has 140 valence electrons. The van der Waals surface area contributed by atoms with Crippen LogP contribution in [0.4, 0.5) is 0 Å². The van der Waals surface area contributed by atoms with E-state index in [-0.39, 0.29) is 17.3 Å². The normalized spacial score (nSPS) is 11.2. The van der Waals surface area contributed by atoms with Gasteiger partial charge in [-0.15, -0.1) is 0 Å². The van der Waals surface area contributed by atoms with Gasteiger partial charge in [-0.2, -0.15) is 0 Å². The van der Waals surface area contributed by atoms with Gasteiger partial charge in [-0.1, -0.05) is 25.5 Å². The predicted molar refractivity (Wildman–Crippen MR) is 104 cm³/mol. The molecule has 0 aliphatic rings. The first kappa shape index (κ1) is 20.4. The van der Waals surface area contributed by atoms with Crippen molar-refractivity contribution >= 4 is 31.9 Å². The highest BCUT2D eigenvalue weighted by Crippen LogP contribution is 2.26. The molecule has 0 saturated carbocycles. The number of unbranched alkanes of at least 4 members (excludes halogenated alkanes) is 1. The lowest BCUT2D eigenvalue weighted by atomic mass is 10.2. The highest BCUT2D eigenvalue weighted by Gasteiger charge is 2.10. The number of benzene rings is 2. The summed E-state index contributed by atoms with van der Waals surface area (Å²) < 4.78 is 28.8. The number of ether oxygens (including phenoxy) is 1. The van der Waals surface area contributed by atoms with E-state index in [1.165, 1.54) is 12.1 Å². The highest BCUT2D eigenvalue weighted by molar-refractivity contribution is 9.10. The Bertz CT molecular complexity index is 867. The Hall–Kier alpha value is -1.90. The van der Waals surface area contributed by atoms with Crippen molar-refractivity contribution in [1.29, 1.82) is 0 Å². The first-order chi connectivity index (χ1) is 12.3. The lowest BCUT2D eigenvalue weighted by molar-refractivity contribution is 0.0950. The second kappa shape index (κ2) is 9.16. The Morgan fingerprint density at radius 2 is 1.88 bits per heavy atom. The molecule has 0 atom stereocenters. The minimum absolute atomic E-state index is 0.0372. The molecule has 0 fully saturated rings. The van der Waals surface area contributed by atoms with E-state index in [1.807, 2.05) is 0 Å². The Morgan fingerprint density at radius 3 is 2.46 bits per heavy atom. The zero-order valence-electron chi connectivity index (χ0n) is 14.4. The number of halogens is 1. The molecule has 2 aromatic carbocycles.